The van der Waals surface area contributed by atoms with Gasteiger partial charge in [-0.3, -0.25) is 0 Å². The van der Waals surface area contributed by atoms with Crippen LogP contribution in [0.5, 0.6) is 5.75 Å². The molecule has 5 heteroatoms. The van der Waals surface area contributed by atoms with E-state index >= 15 is 0 Å². The van der Waals surface area contributed by atoms with E-state index in [0.717, 1.165) is 16.8 Å². The van der Waals surface area contributed by atoms with Gasteiger partial charge in [-0.1, -0.05) is 12.1 Å². The molecular weight excluding hydrogens is 293 g/mol. The first-order valence-electron chi connectivity index (χ1n) is 7.50. The quantitative estimate of drug-likeness (QED) is 0.654. The molecule has 1 unspecified atom stereocenters. The molecular formula is C18H22FN3O. The van der Waals surface area contributed by atoms with Crippen molar-refractivity contribution < 1.29 is 9.13 Å². The summed E-state index contributed by atoms with van der Waals surface area (Å²) in [6, 6.07) is 12.1. The Hall–Kier alpha value is -2.56. The Bertz CT molecular complexity index is 680. The molecule has 1 atom stereocenters. The number of anilines is 1. The lowest BCUT2D eigenvalue weighted by molar-refractivity contribution is 0.229. The summed E-state index contributed by atoms with van der Waals surface area (Å²) >= 11 is 0. The lowest BCUT2D eigenvalue weighted by Gasteiger charge is -2.13. The van der Waals surface area contributed by atoms with E-state index in [4.69, 9.17) is 10.5 Å². The first-order valence-corrected chi connectivity index (χ1v) is 7.50. The maximum absolute atomic E-state index is 13.1. The summed E-state index contributed by atoms with van der Waals surface area (Å²) in [7, 11) is 0. The second-order valence-electron chi connectivity index (χ2n) is 5.61. The number of ether oxygens (including phenoxy) is 1. The van der Waals surface area contributed by atoms with Gasteiger partial charge in [0.15, 0.2) is 5.96 Å². The standard InChI is InChI=1S/C18H22FN3O/c1-12-7-13(2)9-16(8-12)22-18(20)21-11-14(3)23-17-6-4-5-15(19)10-17/h4-10,14H,11H2,1-3H3,(H3,20,21,22). The van der Waals surface area contributed by atoms with Crippen LogP contribution in [0.15, 0.2) is 47.5 Å². The second kappa shape index (κ2) is 7.63. The van der Waals surface area contributed by atoms with Crippen LogP contribution in [-0.4, -0.2) is 18.6 Å². The fourth-order valence-electron chi connectivity index (χ4n) is 2.27. The molecule has 0 aliphatic heterocycles. The molecule has 0 bridgehead atoms. The minimum atomic E-state index is -0.325. The highest BCUT2D eigenvalue weighted by atomic mass is 19.1. The Morgan fingerprint density at radius 1 is 1.22 bits per heavy atom. The molecule has 0 heterocycles. The van der Waals surface area contributed by atoms with E-state index in [0.29, 0.717) is 18.3 Å². The number of nitrogens with zero attached hydrogens (tertiary/aromatic N) is 1. The second-order valence-corrected chi connectivity index (χ2v) is 5.61. The Kier molecular flexibility index (Phi) is 5.57. The highest BCUT2D eigenvalue weighted by Crippen LogP contribution is 2.15. The van der Waals surface area contributed by atoms with Crippen LogP contribution < -0.4 is 15.8 Å². The van der Waals surface area contributed by atoms with E-state index in [-0.39, 0.29) is 11.9 Å². The summed E-state index contributed by atoms with van der Waals surface area (Å²) in [5, 5.41) is 3.06. The van der Waals surface area contributed by atoms with Gasteiger partial charge in [0, 0.05) is 11.8 Å². The number of guanidine groups is 1. The van der Waals surface area contributed by atoms with Gasteiger partial charge in [0.1, 0.15) is 17.7 Å². The third-order valence-corrected chi connectivity index (χ3v) is 3.15. The van der Waals surface area contributed by atoms with Crippen molar-refractivity contribution in [1.29, 1.82) is 0 Å². The minimum absolute atomic E-state index is 0.212. The largest absolute Gasteiger partial charge is 0.489 e. The third kappa shape index (κ3) is 5.62. The summed E-state index contributed by atoms with van der Waals surface area (Å²) in [6.45, 7) is 6.29. The highest BCUT2D eigenvalue weighted by Gasteiger charge is 2.05. The first-order chi connectivity index (χ1) is 10.9. The van der Waals surface area contributed by atoms with E-state index in [1.54, 1.807) is 12.1 Å². The fourth-order valence-corrected chi connectivity index (χ4v) is 2.27. The van der Waals surface area contributed by atoms with E-state index in [1.165, 1.54) is 12.1 Å². The molecule has 2 rings (SSSR count). The number of rotatable bonds is 5. The van der Waals surface area contributed by atoms with Gasteiger partial charge in [-0.2, -0.15) is 0 Å². The molecule has 4 nitrogen and oxygen atoms in total. The Balaban J connectivity index is 1.90. The van der Waals surface area contributed by atoms with Crippen molar-refractivity contribution in [2.75, 3.05) is 11.9 Å². The summed E-state index contributed by atoms with van der Waals surface area (Å²) in [6.07, 6.45) is -0.212. The van der Waals surface area contributed by atoms with Gasteiger partial charge in [0.2, 0.25) is 0 Å². The van der Waals surface area contributed by atoms with Gasteiger partial charge in [0.05, 0.1) is 6.54 Å². The van der Waals surface area contributed by atoms with Gasteiger partial charge in [-0.05, 0) is 56.2 Å². The fraction of sp³-hybridized carbons (Fsp3) is 0.278. The van der Waals surface area contributed by atoms with Crippen molar-refractivity contribution >= 4 is 11.6 Å². The van der Waals surface area contributed by atoms with Gasteiger partial charge in [-0.25, -0.2) is 9.38 Å². The predicted octanol–water partition coefficient (Wildman–Crippen LogP) is 3.64. The highest BCUT2D eigenvalue weighted by molar-refractivity contribution is 5.92. The molecule has 0 aromatic heterocycles. The zero-order valence-electron chi connectivity index (χ0n) is 13.6. The zero-order valence-corrected chi connectivity index (χ0v) is 13.6. The van der Waals surface area contributed by atoms with Crippen LogP contribution in [0.2, 0.25) is 0 Å². The molecule has 23 heavy (non-hydrogen) atoms. The van der Waals surface area contributed by atoms with Crippen molar-refractivity contribution in [3.8, 4) is 5.75 Å². The summed E-state index contributed by atoms with van der Waals surface area (Å²) in [4.78, 5) is 4.26. The van der Waals surface area contributed by atoms with Crippen LogP contribution in [0.1, 0.15) is 18.1 Å². The van der Waals surface area contributed by atoms with Gasteiger partial charge in [0.25, 0.3) is 0 Å². The van der Waals surface area contributed by atoms with Crippen LogP contribution in [-0.2, 0) is 0 Å². The Morgan fingerprint density at radius 3 is 2.57 bits per heavy atom. The summed E-state index contributed by atoms with van der Waals surface area (Å²) < 4.78 is 18.7. The number of benzene rings is 2. The van der Waals surface area contributed by atoms with Crippen LogP contribution >= 0.6 is 0 Å². The van der Waals surface area contributed by atoms with Crippen molar-refractivity contribution in [1.82, 2.24) is 0 Å². The number of nitrogens with one attached hydrogen (secondary N) is 1. The minimum Gasteiger partial charge on any atom is -0.489 e. The number of hydrogen-bond donors (Lipinski definition) is 2. The lowest BCUT2D eigenvalue weighted by atomic mass is 10.1. The molecule has 0 fully saturated rings. The monoisotopic (exact) mass is 315 g/mol. The van der Waals surface area contributed by atoms with E-state index in [1.807, 2.05) is 32.9 Å². The first kappa shape index (κ1) is 16.8. The van der Waals surface area contributed by atoms with Crippen LogP contribution in [0.4, 0.5) is 10.1 Å². The Labute approximate surface area is 136 Å². The summed E-state index contributed by atoms with van der Waals surface area (Å²) in [5.41, 5.74) is 9.11. The molecule has 3 N–H and O–H groups in total. The number of hydrogen-bond acceptors (Lipinski definition) is 2. The zero-order chi connectivity index (χ0) is 16.8. The molecule has 0 spiro atoms. The summed E-state index contributed by atoms with van der Waals surface area (Å²) in [5.74, 6) is 0.479. The molecule has 0 saturated carbocycles. The van der Waals surface area contributed by atoms with Crippen molar-refractivity contribution in [3.05, 3.63) is 59.4 Å². The average Bonchev–Trinajstić information content (AvgIpc) is 2.44. The van der Waals surface area contributed by atoms with Crippen LogP contribution in [0.25, 0.3) is 0 Å². The molecule has 2 aromatic rings. The average molecular weight is 315 g/mol. The number of aryl methyl sites for hydroxylation is 2. The number of nitrogens with two attached hydrogens (primary N) is 1. The van der Waals surface area contributed by atoms with Crippen LogP contribution in [0, 0.1) is 19.7 Å². The van der Waals surface area contributed by atoms with Gasteiger partial charge in [-0.15, -0.1) is 0 Å². The van der Waals surface area contributed by atoms with E-state index in [9.17, 15) is 4.39 Å². The number of halogens is 1. The third-order valence-electron chi connectivity index (χ3n) is 3.15. The van der Waals surface area contributed by atoms with Crippen molar-refractivity contribution in [2.24, 2.45) is 10.7 Å². The maximum atomic E-state index is 13.1. The van der Waals surface area contributed by atoms with Gasteiger partial charge >= 0.3 is 0 Å². The SMILES string of the molecule is Cc1cc(C)cc(NC(N)=NCC(C)Oc2cccc(F)c2)c1. The molecule has 0 aliphatic carbocycles. The molecule has 0 amide bonds. The lowest BCUT2D eigenvalue weighted by Crippen LogP contribution is -2.25. The molecule has 2 aromatic carbocycles. The van der Waals surface area contributed by atoms with Crippen molar-refractivity contribution in [3.63, 3.8) is 0 Å². The maximum Gasteiger partial charge on any atom is 0.193 e. The van der Waals surface area contributed by atoms with Crippen molar-refractivity contribution in [2.45, 2.75) is 26.9 Å². The van der Waals surface area contributed by atoms with E-state index < -0.39 is 0 Å². The van der Waals surface area contributed by atoms with E-state index in [2.05, 4.69) is 16.4 Å². The molecule has 122 valence electrons. The topological polar surface area (TPSA) is 59.6 Å². The van der Waals surface area contributed by atoms with Crippen LogP contribution in [0.3, 0.4) is 0 Å². The molecule has 0 aliphatic rings. The number of aliphatic imine (C=N–C) groups is 1. The molecule has 0 saturated heterocycles. The predicted molar refractivity (Wildman–Crippen MR) is 92.5 cm³/mol. The smallest absolute Gasteiger partial charge is 0.193 e. The normalized spacial score (nSPS) is 12.8. The van der Waals surface area contributed by atoms with Gasteiger partial charge < -0.3 is 15.8 Å². The Morgan fingerprint density at radius 2 is 1.91 bits per heavy atom. The molecule has 0 radical (unpaired) electrons.